The van der Waals surface area contributed by atoms with Crippen LogP contribution in [0.5, 0.6) is 0 Å². The predicted octanol–water partition coefficient (Wildman–Crippen LogP) is 5.67. The van der Waals surface area contributed by atoms with E-state index in [-0.39, 0.29) is 5.41 Å². The van der Waals surface area contributed by atoms with E-state index in [4.69, 9.17) is 0 Å². The van der Waals surface area contributed by atoms with E-state index in [0.717, 1.165) is 12.5 Å². The molecule has 114 valence electrons. The van der Waals surface area contributed by atoms with E-state index < -0.39 is 0 Å². The van der Waals surface area contributed by atoms with Crippen molar-refractivity contribution < 1.29 is 0 Å². The highest BCUT2D eigenvalue weighted by atomic mass is 32.1. The van der Waals surface area contributed by atoms with Crippen molar-refractivity contribution in [3.63, 3.8) is 0 Å². The van der Waals surface area contributed by atoms with Crippen molar-refractivity contribution in [2.24, 2.45) is 5.92 Å². The Morgan fingerprint density at radius 1 is 1.20 bits per heavy atom. The van der Waals surface area contributed by atoms with Crippen molar-refractivity contribution in [1.82, 2.24) is 5.32 Å². The first kappa shape index (κ1) is 16.0. The Morgan fingerprint density at radius 3 is 2.45 bits per heavy atom. The molecular formula is C18H31NS. The van der Waals surface area contributed by atoms with Gasteiger partial charge in [-0.1, -0.05) is 59.8 Å². The summed E-state index contributed by atoms with van der Waals surface area (Å²) in [6.07, 6.45) is 8.56. The number of hydrogen-bond donors (Lipinski definition) is 1. The summed E-state index contributed by atoms with van der Waals surface area (Å²) in [5.74, 6) is 0.938. The fraction of sp³-hybridized carbons (Fsp3) is 0.778. The number of thiophene rings is 1. The minimum Gasteiger partial charge on any atom is -0.310 e. The monoisotopic (exact) mass is 293 g/mol. The lowest BCUT2D eigenvalue weighted by Crippen LogP contribution is -2.23. The van der Waals surface area contributed by atoms with Gasteiger partial charge >= 0.3 is 0 Å². The Kier molecular flexibility index (Phi) is 5.68. The van der Waals surface area contributed by atoms with Crippen LogP contribution in [-0.2, 0) is 5.41 Å². The zero-order valence-corrected chi connectivity index (χ0v) is 14.5. The molecule has 1 fully saturated rings. The average Bonchev–Trinajstić information content (AvgIpc) is 2.89. The summed E-state index contributed by atoms with van der Waals surface area (Å²) in [5.41, 5.74) is 0.282. The highest BCUT2D eigenvalue weighted by Gasteiger charge is 2.23. The molecule has 1 unspecified atom stereocenters. The number of rotatable bonds is 5. The lowest BCUT2D eigenvalue weighted by Gasteiger charge is -2.26. The van der Waals surface area contributed by atoms with Crippen molar-refractivity contribution in [3.8, 4) is 0 Å². The van der Waals surface area contributed by atoms with Crippen LogP contribution in [0.25, 0.3) is 0 Å². The van der Waals surface area contributed by atoms with Gasteiger partial charge in [-0.3, -0.25) is 0 Å². The molecule has 1 heterocycles. The van der Waals surface area contributed by atoms with Crippen molar-refractivity contribution in [2.45, 2.75) is 77.7 Å². The third-order valence-electron chi connectivity index (χ3n) is 4.45. The Bertz CT molecular complexity index is 396. The Balaban J connectivity index is 2.05. The summed E-state index contributed by atoms with van der Waals surface area (Å²) >= 11 is 2.01. The molecule has 0 aromatic carbocycles. The minimum atomic E-state index is 0.282. The fourth-order valence-corrected chi connectivity index (χ4v) is 4.40. The van der Waals surface area contributed by atoms with Crippen LogP contribution in [0.2, 0.25) is 0 Å². The molecule has 1 nitrogen and oxygen atoms in total. The van der Waals surface area contributed by atoms with Crippen LogP contribution >= 0.6 is 11.3 Å². The van der Waals surface area contributed by atoms with E-state index in [1.807, 2.05) is 11.3 Å². The summed E-state index contributed by atoms with van der Waals surface area (Å²) in [5, 5.41) is 3.72. The van der Waals surface area contributed by atoms with E-state index in [0.29, 0.717) is 6.04 Å². The first-order valence-corrected chi connectivity index (χ1v) is 9.16. The largest absolute Gasteiger partial charge is 0.310 e. The highest BCUT2D eigenvalue weighted by Crippen LogP contribution is 2.37. The Hall–Kier alpha value is -0.340. The van der Waals surface area contributed by atoms with Gasteiger partial charge in [0.2, 0.25) is 0 Å². The second-order valence-corrected chi connectivity index (χ2v) is 8.42. The molecule has 1 N–H and O–H groups in total. The lowest BCUT2D eigenvalue weighted by molar-refractivity contribution is 0.303. The molecule has 0 aliphatic heterocycles. The molecule has 20 heavy (non-hydrogen) atoms. The molecule has 0 radical (unpaired) electrons. The highest BCUT2D eigenvalue weighted by molar-refractivity contribution is 7.12. The molecule has 1 aliphatic rings. The number of hydrogen-bond acceptors (Lipinski definition) is 2. The van der Waals surface area contributed by atoms with Gasteiger partial charge in [0.15, 0.2) is 0 Å². The maximum absolute atomic E-state index is 3.72. The normalized spacial score (nSPS) is 19.2. The van der Waals surface area contributed by atoms with Crippen LogP contribution in [0, 0.1) is 5.92 Å². The van der Waals surface area contributed by atoms with Gasteiger partial charge in [-0.15, -0.1) is 11.3 Å². The smallest absolute Gasteiger partial charge is 0.0417 e. The summed E-state index contributed by atoms with van der Waals surface area (Å²) in [6, 6.07) is 5.27. The third kappa shape index (κ3) is 4.33. The van der Waals surface area contributed by atoms with Crippen molar-refractivity contribution in [1.29, 1.82) is 0 Å². The molecule has 1 aromatic heterocycles. The molecule has 0 bridgehead atoms. The summed E-state index contributed by atoms with van der Waals surface area (Å²) in [7, 11) is 0. The van der Waals surface area contributed by atoms with Crippen molar-refractivity contribution >= 4 is 11.3 Å². The summed E-state index contributed by atoms with van der Waals surface area (Å²) in [4.78, 5) is 3.06. The topological polar surface area (TPSA) is 12.0 Å². The van der Waals surface area contributed by atoms with Gasteiger partial charge in [0.25, 0.3) is 0 Å². The fourth-order valence-electron chi connectivity index (χ4n) is 3.25. The van der Waals surface area contributed by atoms with Crippen LogP contribution in [0.1, 0.15) is 82.0 Å². The summed E-state index contributed by atoms with van der Waals surface area (Å²) < 4.78 is 0. The van der Waals surface area contributed by atoms with Gasteiger partial charge in [0.1, 0.15) is 0 Å². The van der Waals surface area contributed by atoms with E-state index in [1.165, 1.54) is 43.4 Å². The first-order chi connectivity index (χ1) is 9.50. The molecule has 0 amide bonds. The maximum Gasteiger partial charge on any atom is 0.0417 e. The molecule has 1 saturated carbocycles. The van der Waals surface area contributed by atoms with E-state index in [2.05, 4.69) is 45.1 Å². The van der Waals surface area contributed by atoms with Crippen LogP contribution in [0.3, 0.4) is 0 Å². The summed E-state index contributed by atoms with van der Waals surface area (Å²) in [6.45, 7) is 10.2. The van der Waals surface area contributed by atoms with E-state index >= 15 is 0 Å². The van der Waals surface area contributed by atoms with Crippen LogP contribution in [0.15, 0.2) is 12.1 Å². The zero-order valence-electron chi connectivity index (χ0n) is 13.7. The van der Waals surface area contributed by atoms with Gasteiger partial charge in [0, 0.05) is 15.8 Å². The van der Waals surface area contributed by atoms with Crippen LogP contribution < -0.4 is 5.32 Å². The zero-order chi connectivity index (χ0) is 14.6. The quantitative estimate of drug-likeness (QED) is 0.738. The molecule has 1 atom stereocenters. The molecule has 2 rings (SSSR count). The lowest BCUT2D eigenvalue weighted by atomic mass is 9.84. The molecular weight excluding hydrogens is 262 g/mol. The van der Waals surface area contributed by atoms with Gasteiger partial charge in [-0.25, -0.2) is 0 Å². The van der Waals surface area contributed by atoms with Gasteiger partial charge in [-0.2, -0.15) is 0 Å². The minimum absolute atomic E-state index is 0.282. The van der Waals surface area contributed by atoms with Crippen LogP contribution in [0.4, 0.5) is 0 Å². The van der Waals surface area contributed by atoms with Gasteiger partial charge in [0.05, 0.1) is 0 Å². The maximum atomic E-state index is 3.72. The van der Waals surface area contributed by atoms with Gasteiger partial charge < -0.3 is 5.32 Å². The van der Waals surface area contributed by atoms with Gasteiger partial charge in [-0.05, 0) is 36.4 Å². The molecule has 0 spiro atoms. The SMILES string of the molecule is CCNC(CC1CCCCC1)c1ccc(C(C)(C)C)s1. The third-order valence-corrected chi connectivity index (χ3v) is 6.08. The second-order valence-electron chi connectivity index (χ2n) is 7.30. The average molecular weight is 294 g/mol. The van der Waals surface area contributed by atoms with Crippen molar-refractivity contribution in [3.05, 3.63) is 21.9 Å². The predicted molar refractivity (Wildman–Crippen MR) is 90.6 cm³/mol. The van der Waals surface area contributed by atoms with E-state index in [9.17, 15) is 0 Å². The number of nitrogens with one attached hydrogen (secondary N) is 1. The second kappa shape index (κ2) is 7.09. The molecule has 2 heteroatoms. The standard InChI is InChI=1S/C18H31NS/c1-5-19-15(13-14-9-7-6-8-10-14)16-11-12-17(20-16)18(2,3)4/h11-12,14-15,19H,5-10,13H2,1-4H3. The first-order valence-electron chi connectivity index (χ1n) is 8.34. The molecule has 1 aliphatic carbocycles. The van der Waals surface area contributed by atoms with Crippen LogP contribution in [-0.4, -0.2) is 6.54 Å². The Morgan fingerprint density at radius 2 is 1.90 bits per heavy atom. The molecule has 1 aromatic rings. The Labute approximate surface area is 129 Å². The van der Waals surface area contributed by atoms with E-state index in [1.54, 1.807) is 4.88 Å². The molecule has 0 saturated heterocycles. The van der Waals surface area contributed by atoms with Crippen molar-refractivity contribution in [2.75, 3.05) is 6.54 Å².